The predicted molar refractivity (Wildman–Crippen MR) is 99.8 cm³/mol. The van der Waals surface area contributed by atoms with Crippen LogP contribution in [0.25, 0.3) is 10.9 Å². The number of amides is 2. The molecule has 1 atom stereocenters. The number of urea groups is 1. The molecular weight excluding hydrogens is 316 g/mol. The van der Waals surface area contributed by atoms with E-state index in [4.69, 9.17) is 4.74 Å². The van der Waals surface area contributed by atoms with Crippen LogP contribution in [-0.4, -0.2) is 55.8 Å². The van der Waals surface area contributed by atoms with Gasteiger partial charge in [-0.2, -0.15) is 0 Å². The molecule has 1 aliphatic heterocycles. The summed E-state index contributed by atoms with van der Waals surface area (Å²) in [6.45, 7) is 4.74. The van der Waals surface area contributed by atoms with Crippen LogP contribution in [0.4, 0.5) is 10.5 Å². The van der Waals surface area contributed by atoms with Gasteiger partial charge < -0.3 is 20.3 Å². The van der Waals surface area contributed by atoms with E-state index in [1.165, 1.54) is 0 Å². The number of rotatable bonds is 7. The van der Waals surface area contributed by atoms with E-state index in [-0.39, 0.29) is 6.03 Å². The van der Waals surface area contributed by atoms with E-state index in [0.29, 0.717) is 12.5 Å². The second-order valence-electron chi connectivity index (χ2n) is 6.55. The number of methoxy groups -OCH3 is 1. The second-order valence-corrected chi connectivity index (χ2v) is 6.55. The Morgan fingerprint density at radius 1 is 1.40 bits per heavy atom. The Labute approximate surface area is 148 Å². The van der Waals surface area contributed by atoms with Crippen molar-refractivity contribution in [1.29, 1.82) is 0 Å². The topological polar surface area (TPSA) is 66.5 Å². The lowest BCUT2D eigenvalue weighted by Gasteiger charge is -2.16. The number of pyridine rings is 1. The van der Waals surface area contributed by atoms with Crippen LogP contribution < -0.4 is 10.6 Å². The zero-order valence-corrected chi connectivity index (χ0v) is 14.7. The maximum absolute atomic E-state index is 12.1. The number of anilines is 1. The lowest BCUT2D eigenvalue weighted by molar-refractivity contribution is 0.178. The fraction of sp³-hybridized carbons (Fsp3) is 0.474. The third-order valence-corrected chi connectivity index (χ3v) is 4.61. The smallest absolute Gasteiger partial charge is 0.319 e. The van der Waals surface area contributed by atoms with E-state index < -0.39 is 0 Å². The highest BCUT2D eigenvalue weighted by atomic mass is 16.5. The summed E-state index contributed by atoms with van der Waals surface area (Å²) in [4.78, 5) is 18.9. The highest BCUT2D eigenvalue weighted by Crippen LogP contribution is 2.17. The van der Waals surface area contributed by atoms with Gasteiger partial charge in [-0.1, -0.05) is 12.1 Å². The Hall–Kier alpha value is -2.18. The molecule has 1 saturated heterocycles. The number of fused-ring (bicyclic) bond motifs is 1. The van der Waals surface area contributed by atoms with Crippen LogP contribution in [0.3, 0.4) is 0 Å². The van der Waals surface area contributed by atoms with E-state index in [2.05, 4.69) is 20.5 Å². The molecular formula is C19H26N4O2. The zero-order valence-electron chi connectivity index (χ0n) is 14.7. The molecule has 25 heavy (non-hydrogen) atoms. The average Bonchev–Trinajstić information content (AvgIpc) is 3.08. The van der Waals surface area contributed by atoms with E-state index in [1.807, 2.05) is 30.3 Å². The van der Waals surface area contributed by atoms with Gasteiger partial charge in [0, 0.05) is 50.6 Å². The van der Waals surface area contributed by atoms with Crippen LogP contribution in [-0.2, 0) is 4.74 Å². The largest absolute Gasteiger partial charge is 0.385 e. The molecule has 2 heterocycles. The fourth-order valence-corrected chi connectivity index (χ4v) is 3.27. The van der Waals surface area contributed by atoms with Gasteiger partial charge in [0.05, 0.1) is 5.52 Å². The number of nitrogens with one attached hydrogen (secondary N) is 2. The van der Waals surface area contributed by atoms with Gasteiger partial charge in [0.1, 0.15) is 0 Å². The molecule has 0 bridgehead atoms. The molecule has 1 fully saturated rings. The first-order valence-electron chi connectivity index (χ1n) is 8.85. The highest BCUT2D eigenvalue weighted by Gasteiger charge is 2.22. The highest BCUT2D eigenvalue weighted by molar-refractivity contribution is 5.92. The third kappa shape index (κ3) is 5.14. The second kappa shape index (κ2) is 8.78. The maximum atomic E-state index is 12.1. The number of aromatic nitrogens is 1. The summed E-state index contributed by atoms with van der Waals surface area (Å²) in [5, 5.41) is 6.94. The number of carbonyl (C=O) groups is 1. The molecule has 1 aliphatic rings. The zero-order chi connectivity index (χ0) is 17.5. The fourth-order valence-electron chi connectivity index (χ4n) is 3.27. The molecule has 2 aromatic rings. The van der Waals surface area contributed by atoms with Crippen LogP contribution >= 0.6 is 0 Å². The summed E-state index contributed by atoms with van der Waals surface area (Å²) in [5.74, 6) is 0.520. The van der Waals surface area contributed by atoms with Gasteiger partial charge in [0.25, 0.3) is 0 Å². The molecule has 6 heteroatoms. The Morgan fingerprint density at radius 2 is 2.32 bits per heavy atom. The molecule has 6 nitrogen and oxygen atoms in total. The molecule has 2 N–H and O–H groups in total. The Kier molecular flexibility index (Phi) is 6.19. The van der Waals surface area contributed by atoms with Crippen LogP contribution in [0, 0.1) is 5.92 Å². The minimum Gasteiger partial charge on any atom is -0.385 e. The van der Waals surface area contributed by atoms with Crippen molar-refractivity contribution in [2.24, 2.45) is 5.92 Å². The van der Waals surface area contributed by atoms with Crippen LogP contribution in [0.2, 0.25) is 0 Å². The standard InChI is InChI=1S/C19H26N4O2/c1-25-11-3-9-23-10-7-15(14-23)13-21-19(24)22-17-6-5-16-4-2-8-20-18(16)12-17/h2,4-6,8,12,15H,3,7,9-11,13-14H2,1H3,(H2,21,22,24). The maximum Gasteiger partial charge on any atom is 0.319 e. The first kappa shape index (κ1) is 17.6. The summed E-state index contributed by atoms with van der Waals surface area (Å²) in [5.41, 5.74) is 1.64. The SMILES string of the molecule is COCCCN1CCC(CNC(=O)Nc2ccc3cccnc3c2)C1. The summed E-state index contributed by atoms with van der Waals surface area (Å²) in [6, 6.07) is 9.51. The number of carbonyl (C=O) groups excluding carboxylic acids is 1. The normalized spacial score (nSPS) is 17.7. The van der Waals surface area contributed by atoms with Crippen molar-refractivity contribution in [3.8, 4) is 0 Å². The molecule has 0 spiro atoms. The van der Waals surface area contributed by atoms with Gasteiger partial charge >= 0.3 is 6.03 Å². The van der Waals surface area contributed by atoms with Gasteiger partial charge in [-0.25, -0.2) is 4.79 Å². The monoisotopic (exact) mass is 342 g/mol. The summed E-state index contributed by atoms with van der Waals surface area (Å²) >= 11 is 0. The number of ether oxygens (including phenoxy) is 1. The number of hydrogen-bond acceptors (Lipinski definition) is 4. The molecule has 1 aromatic carbocycles. The number of hydrogen-bond donors (Lipinski definition) is 2. The lowest BCUT2D eigenvalue weighted by atomic mass is 10.1. The molecule has 3 rings (SSSR count). The van der Waals surface area contributed by atoms with E-state index >= 15 is 0 Å². The van der Waals surface area contributed by atoms with Crippen molar-refractivity contribution < 1.29 is 9.53 Å². The Bertz CT molecular complexity index is 707. The van der Waals surface area contributed by atoms with Gasteiger partial charge in [0.15, 0.2) is 0 Å². The Balaban J connectivity index is 1.42. The van der Waals surface area contributed by atoms with Crippen LogP contribution in [0.5, 0.6) is 0 Å². The van der Waals surface area contributed by atoms with Gasteiger partial charge in [-0.3, -0.25) is 4.98 Å². The van der Waals surface area contributed by atoms with Crippen molar-refractivity contribution in [3.05, 3.63) is 36.5 Å². The van der Waals surface area contributed by atoms with Crippen LogP contribution in [0.15, 0.2) is 36.5 Å². The van der Waals surface area contributed by atoms with Crippen molar-refractivity contribution in [3.63, 3.8) is 0 Å². The Morgan fingerprint density at radius 3 is 3.20 bits per heavy atom. The number of nitrogens with zero attached hydrogens (tertiary/aromatic N) is 2. The average molecular weight is 342 g/mol. The molecule has 1 unspecified atom stereocenters. The van der Waals surface area contributed by atoms with E-state index in [1.54, 1.807) is 13.3 Å². The van der Waals surface area contributed by atoms with Gasteiger partial charge in [-0.05, 0) is 43.5 Å². The molecule has 0 aliphatic carbocycles. The molecule has 2 amide bonds. The van der Waals surface area contributed by atoms with Crippen molar-refractivity contribution in [2.45, 2.75) is 12.8 Å². The number of benzene rings is 1. The van der Waals surface area contributed by atoms with E-state index in [9.17, 15) is 4.79 Å². The molecule has 1 aromatic heterocycles. The summed E-state index contributed by atoms with van der Waals surface area (Å²) in [6.07, 6.45) is 3.95. The van der Waals surface area contributed by atoms with E-state index in [0.717, 1.165) is 55.7 Å². The molecule has 0 radical (unpaired) electrons. The minimum absolute atomic E-state index is 0.159. The van der Waals surface area contributed by atoms with Gasteiger partial charge in [0.2, 0.25) is 0 Å². The molecule has 134 valence electrons. The lowest BCUT2D eigenvalue weighted by Crippen LogP contribution is -2.34. The van der Waals surface area contributed by atoms with Crippen LogP contribution in [0.1, 0.15) is 12.8 Å². The van der Waals surface area contributed by atoms with Crippen molar-refractivity contribution in [2.75, 3.05) is 45.2 Å². The van der Waals surface area contributed by atoms with Crippen molar-refractivity contribution in [1.82, 2.24) is 15.2 Å². The minimum atomic E-state index is -0.159. The summed E-state index contributed by atoms with van der Waals surface area (Å²) in [7, 11) is 1.74. The third-order valence-electron chi connectivity index (χ3n) is 4.61. The van der Waals surface area contributed by atoms with Crippen molar-refractivity contribution >= 4 is 22.6 Å². The first-order chi connectivity index (χ1) is 12.2. The molecule has 0 saturated carbocycles. The number of likely N-dealkylation sites (tertiary alicyclic amines) is 1. The quantitative estimate of drug-likeness (QED) is 0.759. The summed E-state index contributed by atoms with van der Waals surface area (Å²) < 4.78 is 5.09. The first-order valence-corrected chi connectivity index (χ1v) is 8.85. The predicted octanol–water partition coefficient (Wildman–Crippen LogP) is 2.71. The van der Waals surface area contributed by atoms with Gasteiger partial charge in [-0.15, -0.1) is 0 Å².